The highest BCUT2D eigenvalue weighted by Gasteiger charge is 2.15. The first-order valence-electron chi connectivity index (χ1n) is 6.18. The number of aromatic nitrogens is 2. The first kappa shape index (κ1) is 13.0. The third-order valence-corrected chi connectivity index (χ3v) is 2.79. The van der Waals surface area contributed by atoms with Crippen LogP contribution in [0.3, 0.4) is 0 Å². The first-order chi connectivity index (χ1) is 8.84. The van der Waals surface area contributed by atoms with E-state index < -0.39 is 0 Å². The number of hydrogen-bond acceptors (Lipinski definition) is 6. The summed E-state index contributed by atoms with van der Waals surface area (Å²) in [5, 5.41) is 9.53. The number of nitrogens with one attached hydrogen (secondary N) is 2. The van der Waals surface area contributed by atoms with E-state index in [1.807, 2.05) is 0 Å². The number of amides is 1. The molecule has 1 aromatic rings. The Bertz CT molecular complexity index is 349. The Hall–Kier alpha value is -1.47. The molecule has 2 heterocycles. The molecule has 2 N–H and O–H groups in total. The predicted octanol–water partition coefficient (Wildman–Crippen LogP) is -0.503. The number of rotatable bonds is 6. The van der Waals surface area contributed by atoms with Crippen molar-refractivity contribution in [2.24, 2.45) is 0 Å². The maximum absolute atomic E-state index is 11.6. The average Bonchev–Trinajstić information content (AvgIpc) is 2.89. The molecule has 0 radical (unpaired) electrons. The minimum absolute atomic E-state index is 0.0208. The van der Waals surface area contributed by atoms with Crippen molar-refractivity contribution in [1.29, 1.82) is 0 Å². The SMILES string of the molecule is O=C(CNCCc1ncno1)NC1CCOCC1. The Balaban J connectivity index is 1.54. The summed E-state index contributed by atoms with van der Waals surface area (Å²) in [6.07, 6.45) is 3.79. The fourth-order valence-corrected chi connectivity index (χ4v) is 1.82. The van der Waals surface area contributed by atoms with Gasteiger partial charge in [-0.05, 0) is 12.8 Å². The van der Waals surface area contributed by atoms with Gasteiger partial charge in [-0.3, -0.25) is 4.79 Å². The van der Waals surface area contributed by atoms with Crippen molar-refractivity contribution in [2.75, 3.05) is 26.3 Å². The van der Waals surface area contributed by atoms with Gasteiger partial charge >= 0.3 is 0 Å². The molecule has 0 spiro atoms. The molecule has 0 atom stereocenters. The third kappa shape index (κ3) is 4.42. The van der Waals surface area contributed by atoms with Crippen LogP contribution < -0.4 is 10.6 Å². The van der Waals surface area contributed by atoms with Crippen molar-refractivity contribution < 1.29 is 14.1 Å². The summed E-state index contributed by atoms with van der Waals surface area (Å²) in [5.41, 5.74) is 0. The summed E-state index contributed by atoms with van der Waals surface area (Å²) in [7, 11) is 0. The van der Waals surface area contributed by atoms with Crippen LogP contribution in [0, 0.1) is 0 Å². The summed E-state index contributed by atoms with van der Waals surface area (Å²) < 4.78 is 10.1. The Morgan fingerprint density at radius 2 is 2.28 bits per heavy atom. The van der Waals surface area contributed by atoms with E-state index in [-0.39, 0.29) is 11.9 Å². The molecule has 0 unspecified atom stereocenters. The topological polar surface area (TPSA) is 89.3 Å². The molecule has 1 aromatic heterocycles. The smallest absolute Gasteiger partial charge is 0.234 e. The molecule has 0 aromatic carbocycles. The van der Waals surface area contributed by atoms with Gasteiger partial charge in [0.15, 0.2) is 6.33 Å². The summed E-state index contributed by atoms with van der Waals surface area (Å²) >= 11 is 0. The Kier molecular flexibility index (Phi) is 5.10. The average molecular weight is 254 g/mol. The van der Waals surface area contributed by atoms with Crippen LogP contribution >= 0.6 is 0 Å². The number of carbonyl (C=O) groups is 1. The highest BCUT2D eigenvalue weighted by Crippen LogP contribution is 2.05. The monoisotopic (exact) mass is 254 g/mol. The van der Waals surface area contributed by atoms with Gasteiger partial charge in [-0.25, -0.2) is 0 Å². The lowest BCUT2D eigenvalue weighted by Crippen LogP contribution is -2.43. The van der Waals surface area contributed by atoms with Gasteiger partial charge in [0.05, 0.1) is 6.54 Å². The lowest BCUT2D eigenvalue weighted by Gasteiger charge is -2.23. The summed E-state index contributed by atoms with van der Waals surface area (Å²) in [5.74, 6) is 0.597. The van der Waals surface area contributed by atoms with E-state index >= 15 is 0 Å². The van der Waals surface area contributed by atoms with E-state index in [9.17, 15) is 4.79 Å². The number of hydrogen-bond donors (Lipinski definition) is 2. The van der Waals surface area contributed by atoms with Crippen LogP contribution in [-0.4, -0.2) is 48.4 Å². The third-order valence-electron chi connectivity index (χ3n) is 2.79. The van der Waals surface area contributed by atoms with Crippen molar-refractivity contribution in [1.82, 2.24) is 20.8 Å². The standard InChI is InChI=1S/C11H18N4O3/c16-10(15-9-2-5-17-6-3-9)7-12-4-1-11-13-8-14-18-11/h8-9,12H,1-7H2,(H,15,16). The second-order valence-corrected chi connectivity index (χ2v) is 4.22. The molecule has 0 aliphatic carbocycles. The molecule has 7 nitrogen and oxygen atoms in total. The number of carbonyl (C=O) groups excluding carboxylic acids is 1. The van der Waals surface area contributed by atoms with Crippen LogP contribution in [0.4, 0.5) is 0 Å². The second-order valence-electron chi connectivity index (χ2n) is 4.22. The van der Waals surface area contributed by atoms with Crippen molar-refractivity contribution in [3.05, 3.63) is 12.2 Å². The molecule has 1 aliphatic heterocycles. The zero-order valence-corrected chi connectivity index (χ0v) is 10.2. The minimum Gasteiger partial charge on any atom is -0.381 e. The molecule has 100 valence electrons. The van der Waals surface area contributed by atoms with E-state index in [0.29, 0.717) is 25.4 Å². The highest BCUT2D eigenvalue weighted by atomic mass is 16.5. The molecule has 18 heavy (non-hydrogen) atoms. The van der Waals surface area contributed by atoms with Gasteiger partial charge in [-0.15, -0.1) is 0 Å². The number of ether oxygens (including phenoxy) is 1. The fourth-order valence-electron chi connectivity index (χ4n) is 1.82. The van der Waals surface area contributed by atoms with Gasteiger partial charge in [0.1, 0.15) is 0 Å². The molecule has 1 saturated heterocycles. The summed E-state index contributed by atoms with van der Waals surface area (Å²) in [4.78, 5) is 15.5. The molecule has 2 rings (SSSR count). The van der Waals surface area contributed by atoms with E-state index in [2.05, 4.69) is 20.8 Å². The lowest BCUT2D eigenvalue weighted by molar-refractivity contribution is -0.121. The molecule has 1 fully saturated rings. The highest BCUT2D eigenvalue weighted by molar-refractivity contribution is 5.78. The fraction of sp³-hybridized carbons (Fsp3) is 0.727. The quantitative estimate of drug-likeness (QED) is 0.665. The van der Waals surface area contributed by atoms with E-state index in [1.54, 1.807) is 0 Å². The number of nitrogens with zero attached hydrogens (tertiary/aromatic N) is 2. The van der Waals surface area contributed by atoms with Gasteiger partial charge in [-0.2, -0.15) is 4.98 Å². The van der Waals surface area contributed by atoms with Gasteiger partial charge in [0, 0.05) is 32.2 Å². The van der Waals surface area contributed by atoms with Crippen LogP contribution in [0.5, 0.6) is 0 Å². The van der Waals surface area contributed by atoms with Crippen LogP contribution in [0.25, 0.3) is 0 Å². The Morgan fingerprint density at radius 3 is 3.00 bits per heavy atom. The van der Waals surface area contributed by atoms with Gasteiger partial charge in [0.25, 0.3) is 0 Å². The Labute approximate surface area is 105 Å². The summed E-state index contributed by atoms with van der Waals surface area (Å²) in [6.45, 7) is 2.42. The molecular formula is C11H18N4O3. The zero-order valence-electron chi connectivity index (χ0n) is 10.2. The molecule has 1 aliphatic rings. The molecule has 7 heteroatoms. The van der Waals surface area contributed by atoms with Gasteiger partial charge in [-0.1, -0.05) is 5.16 Å². The second kappa shape index (κ2) is 7.07. The van der Waals surface area contributed by atoms with E-state index in [4.69, 9.17) is 9.26 Å². The van der Waals surface area contributed by atoms with Crippen LogP contribution in [0.15, 0.2) is 10.9 Å². The van der Waals surface area contributed by atoms with Crippen molar-refractivity contribution >= 4 is 5.91 Å². The van der Waals surface area contributed by atoms with E-state index in [0.717, 1.165) is 26.1 Å². The summed E-state index contributed by atoms with van der Waals surface area (Å²) in [6, 6.07) is 0.254. The molecule has 0 saturated carbocycles. The maximum Gasteiger partial charge on any atom is 0.234 e. The van der Waals surface area contributed by atoms with Crippen molar-refractivity contribution in [3.63, 3.8) is 0 Å². The maximum atomic E-state index is 11.6. The van der Waals surface area contributed by atoms with Crippen molar-refractivity contribution in [2.45, 2.75) is 25.3 Å². The minimum atomic E-state index is 0.0208. The van der Waals surface area contributed by atoms with E-state index in [1.165, 1.54) is 6.33 Å². The van der Waals surface area contributed by atoms with Crippen LogP contribution in [-0.2, 0) is 16.0 Å². The molecular weight excluding hydrogens is 236 g/mol. The normalized spacial score (nSPS) is 16.7. The van der Waals surface area contributed by atoms with Gasteiger partial charge in [0.2, 0.25) is 11.8 Å². The lowest BCUT2D eigenvalue weighted by atomic mass is 10.1. The van der Waals surface area contributed by atoms with Crippen molar-refractivity contribution in [3.8, 4) is 0 Å². The Morgan fingerprint density at radius 1 is 1.44 bits per heavy atom. The largest absolute Gasteiger partial charge is 0.381 e. The zero-order chi connectivity index (χ0) is 12.6. The van der Waals surface area contributed by atoms with Crippen LogP contribution in [0.2, 0.25) is 0 Å². The first-order valence-corrected chi connectivity index (χ1v) is 6.18. The van der Waals surface area contributed by atoms with Crippen LogP contribution in [0.1, 0.15) is 18.7 Å². The van der Waals surface area contributed by atoms with Gasteiger partial charge < -0.3 is 19.9 Å². The predicted molar refractivity (Wildman–Crippen MR) is 62.9 cm³/mol. The molecule has 1 amide bonds. The molecule has 0 bridgehead atoms.